The van der Waals surface area contributed by atoms with Gasteiger partial charge < -0.3 is 4.74 Å². The van der Waals surface area contributed by atoms with E-state index in [9.17, 15) is 14.4 Å². The SMILES string of the molecule is COC(=O)C(=C(C)C)N1C(=O)C[C@H]1SC(C)=O. The molecule has 0 aromatic carbocycles. The zero-order valence-corrected chi connectivity index (χ0v) is 11.1. The van der Waals surface area contributed by atoms with Crippen LogP contribution in [0.4, 0.5) is 0 Å². The molecule has 0 aliphatic carbocycles. The van der Waals surface area contributed by atoms with Crippen LogP contribution in [-0.4, -0.2) is 34.4 Å². The lowest BCUT2D eigenvalue weighted by molar-refractivity contribution is -0.147. The molecule has 17 heavy (non-hydrogen) atoms. The summed E-state index contributed by atoms with van der Waals surface area (Å²) in [5.41, 5.74) is 0.932. The van der Waals surface area contributed by atoms with Crippen molar-refractivity contribution < 1.29 is 19.1 Å². The van der Waals surface area contributed by atoms with E-state index in [0.29, 0.717) is 5.57 Å². The number of likely N-dealkylation sites (tertiary alicyclic amines) is 1. The Morgan fingerprint density at radius 3 is 2.29 bits per heavy atom. The van der Waals surface area contributed by atoms with Crippen molar-refractivity contribution in [1.82, 2.24) is 4.90 Å². The third-order valence-corrected chi connectivity index (χ3v) is 3.28. The third-order valence-electron chi connectivity index (χ3n) is 2.30. The van der Waals surface area contributed by atoms with Crippen LogP contribution in [-0.2, 0) is 19.1 Å². The number of ether oxygens (including phenoxy) is 1. The van der Waals surface area contributed by atoms with E-state index in [2.05, 4.69) is 4.74 Å². The molecule has 0 unspecified atom stereocenters. The van der Waals surface area contributed by atoms with Crippen LogP contribution in [0.15, 0.2) is 11.3 Å². The smallest absolute Gasteiger partial charge is 0.354 e. The third kappa shape index (κ3) is 2.88. The summed E-state index contributed by atoms with van der Waals surface area (Å²) in [4.78, 5) is 35.5. The fraction of sp³-hybridized carbons (Fsp3) is 0.545. The minimum Gasteiger partial charge on any atom is -0.464 e. The number of methoxy groups -OCH3 is 1. The molecule has 0 aromatic rings. The first-order chi connectivity index (χ1) is 7.88. The van der Waals surface area contributed by atoms with E-state index in [-0.39, 0.29) is 28.5 Å². The van der Waals surface area contributed by atoms with Gasteiger partial charge in [0, 0.05) is 6.92 Å². The second kappa shape index (κ2) is 5.35. The maximum Gasteiger partial charge on any atom is 0.354 e. The highest BCUT2D eigenvalue weighted by Crippen LogP contribution is 2.34. The summed E-state index contributed by atoms with van der Waals surface area (Å²) in [5.74, 6) is -0.711. The first-order valence-electron chi connectivity index (χ1n) is 5.13. The van der Waals surface area contributed by atoms with Gasteiger partial charge in [-0.1, -0.05) is 11.8 Å². The monoisotopic (exact) mass is 257 g/mol. The van der Waals surface area contributed by atoms with Gasteiger partial charge >= 0.3 is 5.97 Å². The predicted octanol–water partition coefficient (Wildman–Crippen LogP) is 1.29. The van der Waals surface area contributed by atoms with Crippen molar-refractivity contribution in [3.8, 4) is 0 Å². The number of β-lactam (4-membered cyclic amide) rings is 1. The minimum absolute atomic E-state index is 0.0783. The minimum atomic E-state index is -0.549. The molecule has 0 aromatic heterocycles. The zero-order chi connectivity index (χ0) is 13.2. The van der Waals surface area contributed by atoms with Gasteiger partial charge in [0.15, 0.2) is 5.12 Å². The molecule has 1 fully saturated rings. The van der Waals surface area contributed by atoms with Gasteiger partial charge in [0.2, 0.25) is 5.91 Å². The molecule has 0 radical (unpaired) electrons. The van der Waals surface area contributed by atoms with Gasteiger partial charge in [0.25, 0.3) is 0 Å². The van der Waals surface area contributed by atoms with Crippen LogP contribution in [0, 0.1) is 0 Å². The molecule has 94 valence electrons. The molecule has 0 saturated carbocycles. The molecule has 1 heterocycles. The Kier molecular flexibility index (Phi) is 4.34. The Bertz CT molecular complexity index is 398. The number of amides is 1. The number of nitrogens with zero attached hydrogens (tertiary/aromatic N) is 1. The highest BCUT2D eigenvalue weighted by atomic mass is 32.2. The fourth-order valence-electron chi connectivity index (χ4n) is 1.58. The molecule has 1 rings (SSSR count). The van der Waals surface area contributed by atoms with E-state index < -0.39 is 5.97 Å². The quantitative estimate of drug-likeness (QED) is 0.433. The summed E-state index contributed by atoms with van der Waals surface area (Å²) in [6.45, 7) is 4.90. The lowest BCUT2D eigenvalue weighted by Crippen LogP contribution is -2.52. The van der Waals surface area contributed by atoms with Crippen LogP contribution in [0.3, 0.4) is 0 Å². The van der Waals surface area contributed by atoms with Crippen molar-refractivity contribution in [3.63, 3.8) is 0 Å². The molecule has 0 bridgehead atoms. The second-order valence-corrected chi connectivity index (χ2v) is 5.23. The van der Waals surface area contributed by atoms with Crippen molar-refractivity contribution in [2.45, 2.75) is 32.6 Å². The van der Waals surface area contributed by atoms with Crippen molar-refractivity contribution in [2.75, 3.05) is 7.11 Å². The lowest BCUT2D eigenvalue weighted by Gasteiger charge is -2.40. The largest absolute Gasteiger partial charge is 0.464 e. The zero-order valence-electron chi connectivity index (χ0n) is 10.3. The molecule has 0 spiro atoms. The molecular formula is C11H15NO4S. The van der Waals surface area contributed by atoms with Gasteiger partial charge in [-0.15, -0.1) is 0 Å². The van der Waals surface area contributed by atoms with E-state index in [1.165, 1.54) is 18.9 Å². The van der Waals surface area contributed by atoms with E-state index >= 15 is 0 Å². The number of esters is 1. The van der Waals surface area contributed by atoms with Crippen molar-refractivity contribution in [2.24, 2.45) is 0 Å². The number of thioether (sulfide) groups is 1. The van der Waals surface area contributed by atoms with E-state index in [4.69, 9.17) is 0 Å². The Labute approximate surface area is 104 Å². The number of rotatable bonds is 3. The average Bonchev–Trinajstić information content (AvgIpc) is 2.23. The van der Waals surface area contributed by atoms with E-state index in [1.807, 2.05) is 0 Å². The summed E-state index contributed by atoms with van der Waals surface area (Å²) in [6, 6.07) is 0. The topological polar surface area (TPSA) is 63.7 Å². The predicted molar refractivity (Wildman–Crippen MR) is 63.9 cm³/mol. The molecule has 1 aliphatic rings. The molecule has 1 amide bonds. The van der Waals surface area contributed by atoms with Gasteiger partial charge in [-0.3, -0.25) is 14.5 Å². The van der Waals surface area contributed by atoms with Crippen LogP contribution in [0.1, 0.15) is 27.2 Å². The summed E-state index contributed by atoms with van der Waals surface area (Å²) < 4.78 is 4.65. The molecule has 1 saturated heterocycles. The maximum absolute atomic E-state index is 11.6. The van der Waals surface area contributed by atoms with Crippen molar-refractivity contribution in [3.05, 3.63) is 11.3 Å². The molecule has 1 aliphatic heterocycles. The molecular weight excluding hydrogens is 242 g/mol. The molecule has 0 N–H and O–H groups in total. The number of hydrogen-bond acceptors (Lipinski definition) is 5. The Morgan fingerprint density at radius 1 is 1.35 bits per heavy atom. The average molecular weight is 257 g/mol. The Balaban J connectivity index is 2.95. The first-order valence-corrected chi connectivity index (χ1v) is 6.01. The first kappa shape index (κ1) is 13.8. The normalized spacial score (nSPS) is 18.5. The summed E-state index contributed by atoms with van der Waals surface area (Å²) in [6.07, 6.45) is 0.276. The second-order valence-electron chi connectivity index (χ2n) is 3.87. The Hall–Kier alpha value is -1.30. The fourth-order valence-corrected chi connectivity index (χ4v) is 2.52. The Morgan fingerprint density at radius 2 is 1.94 bits per heavy atom. The van der Waals surface area contributed by atoms with Crippen LogP contribution in [0.5, 0.6) is 0 Å². The van der Waals surface area contributed by atoms with Crippen LogP contribution >= 0.6 is 11.8 Å². The standard InChI is InChI=1S/C11H15NO4S/c1-6(2)10(11(15)16-4)12-8(14)5-9(12)17-7(3)13/h9H,5H2,1-4H3/t9-/m1/s1. The summed E-state index contributed by atoms with van der Waals surface area (Å²) in [7, 11) is 1.27. The van der Waals surface area contributed by atoms with Gasteiger partial charge in [0.1, 0.15) is 5.70 Å². The summed E-state index contributed by atoms with van der Waals surface area (Å²) in [5, 5.41) is -0.366. The lowest BCUT2D eigenvalue weighted by atomic mass is 10.1. The number of carbonyl (C=O) groups excluding carboxylic acids is 3. The van der Waals surface area contributed by atoms with Gasteiger partial charge in [-0.25, -0.2) is 4.79 Å². The highest BCUT2D eigenvalue weighted by molar-refractivity contribution is 8.14. The molecule has 5 nitrogen and oxygen atoms in total. The summed E-state index contributed by atoms with van der Waals surface area (Å²) >= 11 is 1.05. The van der Waals surface area contributed by atoms with Crippen LogP contribution < -0.4 is 0 Å². The number of allylic oxidation sites excluding steroid dienone is 1. The molecule has 1 atom stereocenters. The van der Waals surface area contributed by atoms with Crippen LogP contribution in [0.2, 0.25) is 0 Å². The number of hydrogen-bond donors (Lipinski definition) is 0. The van der Waals surface area contributed by atoms with Gasteiger partial charge in [-0.05, 0) is 19.4 Å². The maximum atomic E-state index is 11.6. The van der Waals surface area contributed by atoms with Gasteiger partial charge in [0.05, 0.1) is 18.9 Å². The highest BCUT2D eigenvalue weighted by Gasteiger charge is 2.42. The van der Waals surface area contributed by atoms with Crippen LogP contribution in [0.25, 0.3) is 0 Å². The number of carbonyl (C=O) groups is 3. The van der Waals surface area contributed by atoms with Crippen molar-refractivity contribution >= 4 is 28.8 Å². The molecule has 6 heteroatoms. The van der Waals surface area contributed by atoms with Gasteiger partial charge in [-0.2, -0.15) is 0 Å². The van der Waals surface area contributed by atoms with E-state index in [0.717, 1.165) is 11.8 Å². The van der Waals surface area contributed by atoms with Crippen molar-refractivity contribution in [1.29, 1.82) is 0 Å². The van der Waals surface area contributed by atoms with E-state index in [1.54, 1.807) is 13.8 Å².